The van der Waals surface area contributed by atoms with E-state index in [1.807, 2.05) is 60.7 Å². The number of ether oxygens (including phenoxy) is 2. The number of aromatic hydroxyl groups is 2. The Balaban J connectivity index is 0.000000293. The monoisotopic (exact) mass is 795 g/mol. The average Bonchev–Trinajstić information content (AvgIpc) is 3.00. The molecule has 10 nitrogen and oxygen atoms in total. The SMILES string of the molecule is COc1cccc(/C=N/NC([S-])=Nc2ccccc2)c1O.COc1cccc(/C=N/NC([S-])=Nc2ccccc2)c1O.[Pt+2]. The zero-order valence-electron chi connectivity index (χ0n) is 23.0. The fourth-order valence-electron chi connectivity index (χ4n) is 3.22. The van der Waals surface area contributed by atoms with Crippen LogP contribution in [0.25, 0.3) is 0 Å². The number of methoxy groups -OCH3 is 2. The number of phenols is 2. The first-order valence-corrected chi connectivity index (χ1v) is 13.1. The Bertz CT molecular complexity index is 1440. The second kappa shape index (κ2) is 18.8. The molecule has 0 bridgehead atoms. The van der Waals surface area contributed by atoms with E-state index in [9.17, 15) is 10.2 Å². The number of nitrogens with zero attached hydrogens (tertiary/aromatic N) is 4. The normalized spacial score (nSPS) is 11.3. The summed E-state index contributed by atoms with van der Waals surface area (Å²) in [5, 5.41) is 28.1. The molecule has 0 atom stereocenters. The van der Waals surface area contributed by atoms with Crippen LogP contribution in [0.15, 0.2) is 117 Å². The van der Waals surface area contributed by atoms with Gasteiger partial charge in [-0.1, -0.05) is 48.5 Å². The smallest absolute Gasteiger partial charge is 0.741 e. The van der Waals surface area contributed by atoms with Crippen molar-refractivity contribution in [3.63, 3.8) is 0 Å². The summed E-state index contributed by atoms with van der Waals surface area (Å²) in [5.74, 6) is 0.818. The van der Waals surface area contributed by atoms with Gasteiger partial charge >= 0.3 is 21.1 Å². The third-order valence-corrected chi connectivity index (χ3v) is 5.57. The molecule has 0 aliphatic heterocycles. The number of aliphatic imine (C=N–C) groups is 2. The van der Waals surface area contributed by atoms with E-state index in [2.05, 4.69) is 31.0 Å². The number of hydrazone groups is 2. The van der Waals surface area contributed by atoms with Crippen LogP contribution in [0.4, 0.5) is 11.4 Å². The number of para-hydroxylation sites is 4. The molecule has 0 spiro atoms. The Morgan fingerprint density at radius 1 is 0.605 bits per heavy atom. The molecular weight excluding hydrogens is 768 g/mol. The fraction of sp³-hybridized carbons (Fsp3) is 0.0667. The predicted octanol–water partition coefficient (Wildman–Crippen LogP) is 5.12. The number of hydrogen-bond donors (Lipinski definition) is 4. The maximum Gasteiger partial charge on any atom is 2.00 e. The summed E-state index contributed by atoms with van der Waals surface area (Å²) in [7, 11) is 2.98. The largest absolute Gasteiger partial charge is 2.00 e. The molecule has 0 aliphatic carbocycles. The minimum Gasteiger partial charge on any atom is -0.741 e. The molecule has 0 radical (unpaired) electrons. The van der Waals surface area contributed by atoms with Gasteiger partial charge in [-0.25, -0.2) is 0 Å². The van der Waals surface area contributed by atoms with Gasteiger partial charge in [0.2, 0.25) is 0 Å². The Hall–Kier alpha value is -4.51. The summed E-state index contributed by atoms with van der Waals surface area (Å²) >= 11 is 10.1. The number of phenolic OH excluding ortho intramolecular Hbond substituents is 2. The van der Waals surface area contributed by atoms with Gasteiger partial charge in [0.05, 0.1) is 38.0 Å². The van der Waals surface area contributed by atoms with Crippen molar-refractivity contribution in [3.8, 4) is 23.0 Å². The Kier molecular flexibility index (Phi) is 15.2. The van der Waals surface area contributed by atoms with Crippen molar-refractivity contribution in [2.24, 2.45) is 20.2 Å². The van der Waals surface area contributed by atoms with Gasteiger partial charge in [0, 0.05) is 21.5 Å². The molecule has 0 heterocycles. The number of rotatable bonds is 8. The fourth-order valence-corrected chi connectivity index (χ4v) is 3.54. The second-order valence-electron chi connectivity index (χ2n) is 8.04. The van der Waals surface area contributed by atoms with E-state index in [0.29, 0.717) is 22.6 Å². The van der Waals surface area contributed by atoms with Crippen LogP contribution in [0.1, 0.15) is 11.1 Å². The van der Waals surface area contributed by atoms with Gasteiger partial charge < -0.3 is 44.9 Å². The van der Waals surface area contributed by atoms with Crippen LogP contribution in [-0.4, -0.2) is 47.2 Å². The molecule has 0 saturated carbocycles. The van der Waals surface area contributed by atoms with Crippen molar-refractivity contribution < 1.29 is 40.8 Å². The van der Waals surface area contributed by atoms with Crippen molar-refractivity contribution in [2.45, 2.75) is 0 Å². The van der Waals surface area contributed by atoms with Crippen LogP contribution in [0.3, 0.4) is 0 Å². The minimum atomic E-state index is 0. The Labute approximate surface area is 275 Å². The summed E-state index contributed by atoms with van der Waals surface area (Å²) in [4.78, 5) is 8.33. The van der Waals surface area contributed by atoms with Crippen molar-refractivity contribution >= 4 is 59.4 Å². The summed E-state index contributed by atoms with van der Waals surface area (Å²) in [6.45, 7) is 0. The van der Waals surface area contributed by atoms with Gasteiger partial charge in [-0.15, -0.1) is 0 Å². The molecule has 0 fully saturated rings. The van der Waals surface area contributed by atoms with Gasteiger partial charge in [0.1, 0.15) is 0 Å². The van der Waals surface area contributed by atoms with Crippen LogP contribution in [0.5, 0.6) is 23.0 Å². The average molecular weight is 796 g/mol. The van der Waals surface area contributed by atoms with Gasteiger partial charge in [-0.3, -0.25) is 20.8 Å². The van der Waals surface area contributed by atoms with Gasteiger partial charge in [-0.05, 0) is 48.5 Å². The molecule has 0 amide bonds. The first kappa shape index (κ1) is 34.7. The molecule has 0 unspecified atom stereocenters. The van der Waals surface area contributed by atoms with E-state index in [1.54, 1.807) is 36.4 Å². The minimum absolute atomic E-state index is 0. The third-order valence-electron chi connectivity index (χ3n) is 5.20. The van der Waals surface area contributed by atoms with E-state index >= 15 is 0 Å². The van der Waals surface area contributed by atoms with E-state index < -0.39 is 0 Å². The summed E-state index contributed by atoms with van der Waals surface area (Å²) in [6.07, 6.45) is 2.90. The van der Waals surface area contributed by atoms with E-state index in [4.69, 9.17) is 34.7 Å². The zero-order chi connectivity index (χ0) is 30.2. The maximum atomic E-state index is 9.89. The van der Waals surface area contributed by atoms with Crippen LogP contribution in [0.2, 0.25) is 0 Å². The summed E-state index contributed by atoms with van der Waals surface area (Å²) in [5.41, 5.74) is 7.78. The Morgan fingerprint density at radius 2 is 0.977 bits per heavy atom. The first-order valence-electron chi connectivity index (χ1n) is 12.3. The summed E-state index contributed by atoms with van der Waals surface area (Å²) < 4.78 is 10.0. The van der Waals surface area contributed by atoms with E-state index in [-0.39, 0.29) is 42.9 Å². The third kappa shape index (κ3) is 11.7. The van der Waals surface area contributed by atoms with E-state index in [0.717, 1.165) is 11.4 Å². The second-order valence-corrected chi connectivity index (χ2v) is 8.81. The molecular formula is C30H28N6O4PtS2. The van der Waals surface area contributed by atoms with Gasteiger partial charge in [0.15, 0.2) is 23.0 Å². The number of amidine groups is 2. The van der Waals surface area contributed by atoms with Crippen molar-refractivity contribution in [1.82, 2.24) is 10.9 Å². The molecule has 0 saturated heterocycles. The standard InChI is InChI=1S/2C15H15N3O2S.Pt/c2*1-20-13-9-5-6-11(14(13)19)10-16-18-15(21)17-12-7-3-2-4-8-12;/h2*2-10,19H,1H3,(H2,17,18,21);/q;;+2/p-2/b2*16-10+;. The molecule has 13 heteroatoms. The van der Waals surface area contributed by atoms with Crippen molar-refractivity contribution in [3.05, 3.63) is 108 Å². The van der Waals surface area contributed by atoms with Crippen LogP contribution in [-0.2, 0) is 46.3 Å². The molecule has 0 aliphatic rings. The van der Waals surface area contributed by atoms with Gasteiger partial charge in [0.25, 0.3) is 0 Å². The quantitative estimate of drug-likeness (QED) is 0.0838. The van der Waals surface area contributed by atoms with Crippen molar-refractivity contribution in [2.75, 3.05) is 14.2 Å². The molecule has 4 N–H and O–H groups in total. The Morgan fingerprint density at radius 3 is 1.33 bits per heavy atom. The molecule has 0 aromatic heterocycles. The summed E-state index contributed by atoms with van der Waals surface area (Å²) in [6, 6.07) is 28.9. The topological polar surface area (TPSA) is 132 Å². The van der Waals surface area contributed by atoms with Crippen LogP contribution in [0, 0.1) is 0 Å². The molecule has 224 valence electrons. The number of benzene rings is 4. The van der Waals surface area contributed by atoms with Crippen LogP contribution >= 0.6 is 0 Å². The predicted molar refractivity (Wildman–Crippen MR) is 173 cm³/mol. The molecule has 4 aromatic carbocycles. The van der Waals surface area contributed by atoms with Gasteiger partial charge in [-0.2, -0.15) is 10.2 Å². The first-order chi connectivity index (χ1) is 20.4. The molecule has 43 heavy (non-hydrogen) atoms. The molecule has 4 rings (SSSR count). The van der Waals surface area contributed by atoms with E-state index in [1.165, 1.54) is 26.6 Å². The maximum absolute atomic E-state index is 9.89. The van der Waals surface area contributed by atoms with Crippen molar-refractivity contribution in [1.29, 1.82) is 0 Å². The molecule has 4 aromatic rings. The van der Waals surface area contributed by atoms with Crippen LogP contribution < -0.4 is 20.3 Å². The number of nitrogens with one attached hydrogen (secondary N) is 2. The zero-order valence-corrected chi connectivity index (χ0v) is 26.9. The number of hydrogen-bond acceptors (Lipinski definition) is 10.